The van der Waals surface area contributed by atoms with Crippen LogP contribution in [0.15, 0.2) is 49.9 Å². The van der Waals surface area contributed by atoms with Crippen LogP contribution < -0.4 is 0 Å². The quantitative estimate of drug-likeness (QED) is 0.780. The van der Waals surface area contributed by atoms with Gasteiger partial charge in [-0.05, 0) is 19.3 Å². The van der Waals surface area contributed by atoms with Crippen LogP contribution in [0.2, 0.25) is 0 Å². The van der Waals surface area contributed by atoms with Crippen LogP contribution in [0.5, 0.6) is 0 Å². The van der Waals surface area contributed by atoms with E-state index < -0.39 is 0 Å². The van der Waals surface area contributed by atoms with Crippen molar-refractivity contribution in [3.63, 3.8) is 0 Å². The van der Waals surface area contributed by atoms with Gasteiger partial charge in [-0.25, -0.2) is 4.98 Å². The molecule has 1 aromatic rings. The van der Waals surface area contributed by atoms with Gasteiger partial charge in [-0.2, -0.15) is 0 Å². The van der Waals surface area contributed by atoms with E-state index in [1.807, 2.05) is 18.3 Å². The lowest BCUT2D eigenvalue weighted by molar-refractivity contribution is 0.138. The number of nitrogens with one attached hydrogen (secondary N) is 1. The smallest absolute Gasteiger partial charge is 0.120 e. The van der Waals surface area contributed by atoms with E-state index in [2.05, 4.69) is 40.2 Å². The van der Waals surface area contributed by atoms with Gasteiger partial charge in [0.15, 0.2) is 0 Å². The summed E-state index contributed by atoms with van der Waals surface area (Å²) in [6, 6.07) is 0.939. The Kier molecular flexibility index (Phi) is 4.53. The van der Waals surface area contributed by atoms with Crippen molar-refractivity contribution in [2.75, 3.05) is 0 Å². The average molecular weight is 245 g/mol. The van der Waals surface area contributed by atoms with E-state index >= 15 is 0 Å². The second-order valence-electron chi connectivity index (χ2n) is 4.64. The lowest BCUT2D eigenvalue weighted by Crippen LogP contribution is -2.43. The van der Waals surface area contributed by atoms with Gasteiger partial charge >= 0.3 is 0 Å². The molecule has 2 atom stereocenters. The molecule has 2 rings (SSSR count). The Morgan fingerprint density at radius 2 is 2.28 bits per heavy atom. The van der Waals surface area contributed by atoms with Gasteiger partial charge in [0.2, 0.25) is 0 Å². The van der Waals surface area contributed by atoms with Crippen molar-refractivity contribution in [3.8, 4) is 0 Å². The predicted octanol–water partition coefficient (Wildman–Crippen LogP) is 3.31. The topological polar surface area (TPSA) is 31.9 Å². The van der Waals surface area contributed by atoms with E-state index in [1.165, 1.54) is 0 Å². The molecule has 0 fully saturated rings. The van der Waals surface area contributed by atoms with Crippen LogP contribution in [0.4, 0.5) is 0 Å². The monoisotopic (exact) mass is 245 g/mol. The Morgan fingerprint density at radius 3 is 2.94 bits per heavy atom. The third-order valence-corrected chi connectivity index (χ3v) is 3.40. The Balaban J connectivity index is 0.00000180. The van der Waals surface area contributed by atoms with E-state index in [1.54, 1.807) is 6.20 Å². The number of aromatic amines is 1. The third kappa shape index (κ3) is 2.99. The summed E-state index contributed by atoms with van der Waals surface area (Å²) in [6.45, 7) is 8.57. The molecule has 1 aliphatic heterocycles. The lowest BCUT2D eigenvalue weighted by Gasteiger charge is -2.38. The van der Waals surface area contributed by atoms with Gasteiger partial charge in [-0.3, -0.25) is 4.90 Å². The first-order valence-corrected chi connectivity index (χ1v) is 6.47. The minimum Gasteiger partial charge on any atom is -0.348 e. The van der Waals surface area contributed by atoms with Crippen molar-refractivity contribution in [1.29, 1.82) is 0 Å². The molecule has 1 N–H and O–H groups in total. The molecule has 3 nitrogen and oxygen atoms in total. The maximum absolute atomic E-state index is 4.33. The molecule has 1 aromatic heterocycles. The summed E-state index contributed by atoms with van der Waals surface area (Å²) in [5.41, 5.74) is 0. The average Bonchev–Trinajstić information content (AvgIpc) is 2.87. The molecular formula is C15H23N3. The zero-order valence-corrected chi connectivity index (χ0v) is 10.8. The van der Waals surface area contributed by atoms with E-state index in [0.717, 1.165) is 31.6 Å². The first kappa shape index (κ1) is 12.8. The van der Waals surface area contributed by atoms with Crippen LogP contribution in [-0.4, -0.2) is 27.0 Å². The fourth-order valence-corrected chi connectivity index (χ4v) is 2.52. The highest BCUT2D eigenvalue weighted by Crippen LogP contribution is 2.24. The fraction of sp³-hybridized carbons (Fsp3) is 0.400. The molecule has 0 bridgehead atoms. The highest BCUT2D eigenvalue weighted by molar-refractivity contribution is 5.07. The molecule has 0 saturated heterocycles. The lowest BCUT2D eigenvalue weighted by atomic mass is 9.97. The summed E-state index contributed by atoms with van der Waals surface area (Å²) in [6.07, 6.45) is 15.3. The van der Waals surface area contributed by atoms with Gasteiger partial charge in [0.05, 0.1) is 6.54 Å². The predicted molar refractivity (Wildman–Crippen MR) is 77.2 cm³/mol. The number of aromatic nitrogens is 2. The van der Waals surface area contributed by atoms with E-state index in [9.17, 15) is 0 Å². The molecule has 0 aromatic carbocycles. The largest absolute Gasteiger partial charge is 0.348 e. The molecule has 2 heterocycles. The van der Waals surface area contributed by atoms with Crippen LogP contribution in [0, 0.1) is 0 Å². The highest BCUT2D eigenvalue weighted by atomic mass is 15.2. The third-order valence-electron chi connectivity index (χ3n) is 3.40. The van der Waals surface area contributed by atoms with Crippen LogP contribution in [0.3, 0.4) is 0 Å². The van der Waals surface area contributed by atoms with Crippen LogP contribution in [0.1, 0.15) is 26.5 Å². The van der Waals surface area contributed by atoms with Gasteiger partial charge in [-0.15, -0.1) is 13.2 Å². The zero-order valence-electron chi connectivity index (χ0n) is 10.8. The van der Waals surface area contributed by atoms with Crippen LogP contribution >= 0.6 is 0 Å². The molecule has 0 saturated carbocycles. The maximum Gasteiger partial charge on any atom is 0.120 e. The van der Waals surface area contributed by atoms with Gasteiger partial charge in [0.1, 0.15) is 5.82 Å². The molecule has 18 heavy (non-hydrogen) atoms. The van der Waals surface area contributed by atoms with Crippen molar-refractivity contribution < 1.29 is 1.43 Å². The normalized spacial score (nSPS) is 24.0. The van der Waals surface area contributed by atoms with Gasteiger partial charge in [0, 0.05) is 25.9 Å². The highest BCUT2D eigenvalue weighted by Gasteiger charge is 2.26. The Labute approximate surface area is 110 Å². The molecule has 0 aliphatic carbocycles. The molecule has 98 valence electrons. The number of H-pyrrole nitrogens is 1. The molecule has 1 aliphatic rings. The van der Waals surface area contributed by atoms with E-state index in [-0.39, 0.29) is 1.43 Å². The minimum atomic E-state index is 0. The Bertz CT molecular complexity index is 411. The van der Waals surface area contributed by atoms with Crippen molar-refractivity contribution >= 4 is 0 Å². The fourth-order valence-electron chi connectivity index (χ4n) is 2.52. The molecule has 3 heteroatoms. The number of nitrogens with zero attached hydrogens (tertiary/aromatic N) is 2. The number of hydrogen-bond acceptors (Lipinski definition) is 2. The van der Waals surface area contributed by atoms with Gasteiger partial charge in [0.25, 0.3) is 0 Å². The molecular weight excluding hydrogens is 222 g/mol. The van der Waals surface area contributed by atoms with Crippen molar-refractivity contribution in [2.24, 2.45) is 0 Å². The number of rotatable bonds is 6. The minimum absolute atomic E-state index is 0. The summed E-state index contributed by atoms with van der Waals surface area (Å²) in [4.78, 5) is 10.00. The summed E-state index contributed by atoms with van der Waals surface area (Å²) in [5.74, 6) is 1.02. The first-order valence-electron chi connectivity index (χ1n) is 6.47. The van der Waals surface area contributed by atoms with E-state index in [4.69, 9.17) is 0 Å². The van der Waals surface area contributed by atoms with Crippen LogP contribution in [-0.2, 0) is 6.54 Å². The molecule has 0 spiro atoms. The van der Waals surface area contributed by atoms with Gasteiger partial charge < -0.3 is 4.98 Å². The maximum atomic E-state index is 4.33. The summed E-state index contributed by atoms with van der Waals surface area (Å²) >= 11 is 0. The number of hydrogen-bond donors (Lipinski definition) is 1. The van der Waals surface area contributed by atoms with E-state index in [0.29, 0.717) is 12.1 Å². The van der Waals surface area contributed by atoms with Crippen molar-refractivity contribution in [1.82, 2.24) is 14.9 Å². The second kappa shape index (κ2) is 6.36. The number of imidazole rings is 1. The summed E-state index contributed by atoms with van der Waals surface area (Å²) < 4.78 is 0. The standard InChI is InChI=1S/C15H21N3.H2/c1-3-6-13-8-5-9-14(7-4-2)18(13)12-15-16-10-11-17-15;/h3-5,8,10-11,13-14H,1-2,6-7,9,12H2,(H,16,17);1H/t13-,14?;/m1./s1. The summed E-state index contributed by atoms with van der Waals surface area (Å²) in [7, 11) is 0. The SMILES string of the molecule is C=CCC1CC=C[C@@H](CC=C)N1Cc1ncc[nH]1.[HH]. The second-order valence-corrected chi connectivity index (χ2v) is 4.64. The molecule has 1 unspecified atom stereocenters. The molecule has 0 amide bonds. The van der Waals surface area contributed by atoms with Crippen molar-refractivity contribution in [2.45, 2.75) is 37.9 Å². The van der Waals surface area contributed by atoms with Gasteiger partial charge in [-0.1, -0.05) is 24.3 Å². The van der Waals surface area contributed by atoms with Crippen LogP contribution in [0.25, 0.3) is 0 Å². The first-order chi connectivity index (χ1) is 8.85. The molecule has 0 radical (unpaired) electrons. The Hall–Kier alpha value is -1.61. The summed E-state index contributed by atoms with van der Waals surface area (Å²) in [5, 5.41) is 0. The zero-order chi connectivity index (χ0) is 12.8. The van der Waals surface area contributed by atoms with Crippen molar-refractivity contribution in [3.05, 3.63) is 55.7 Å². The Morgan fingerprint density at radius 1 is 1.44 bits per heavy atom.